The second-order valence-electron chi connectivity index (χ2n) is 4.38. The van der Waals surface area contributed by atoms with Gasteiger partial charge in [0.15, 0.2) is 5.78 Å². The highest BCUT2D eigenvalue weighted by Crippen LogP contribution is 2.23. The van der Waals surface area contributed by atoms with E-state index in [0.29, 0.717) is 5.56 Å². The number of carbonyl (C=O) groups excluding carboxylic acids is 1. The molecule has 0 saturated carbocycles. The normalized spacial score (nSPS) is 10.7. The number of thioether (sulfide) groups is 1. The van der Waals surface area contributed by atoms with E-state index in [9.17, 15) is 4.79 Å². The Kier molecular flexibility index (Phi) is 4.38. The fourth-order valence-electron chi connectivity index (χ4n) is 2.25. The molecule has 4 heteroatoms. The van der Waals surface area contributed by atoms with Crippen molar-refractivity contribution in [2.24, 2.45) is 0 Å². The molecule has 0 saturated heterocycles. The Labute approximate surface area is 122 Å². The van der Waals surface area contributed by atoms with Crippen LogP contribution in [0.4, 0.5) is 0 Å². The van der Waals surface area contributed by atoms with E-state index >= 15 is 0 Å². The topological polar surface area (TPSA) is 22.0 Å². The Bertz CT molecular complexity index is 601. The van der Waals surface area contributed by atoms with Crippen LogP contribution >= 0.6 is 23.4 Å². The highest BCUT2D eigenvalue weighted by Gasteiger charge is 2.15. The second kappa shape index (κ2) is 5.85. The van der Waals surface area contributed by atoms with Crippen LogP contribution in [0.2, 0.25) is 0 Å². The maximum atomic E-state index is 11.8. The molecule has 1 aromatic heterocycles. The molecule has 0 bridgehead atoms. The molecule has 0 aliphatic carbocycles. The molecule has 2 aromatic rings. The average Bonchev–Trinajstić information content (AvgIpc) is 2.73. The van der Waals surface area contributed by atoms with Crippen molar-refractivity contribution >= 4 is 29.1 Å². The van der Waals surface area contributed by atoms with E-state index in [0.717, 1.165) is 17.1 Å². The minimum absolute atomic E-state index is 0.0235. The standard InChI is InChI=1S/C15H16ClNOS/c1-10-8-14(15(18)9-16)11(2)17(10)12-4-6-13(19-3)7-5-12/h4-8H,9H2,1-3H3. The maximum Gasteiger partial charge on any atom is 0.179 e. The summed E-state index contributed by atoms with van der Waals surface area (Å²) in [5.41, 5.74) is 3.77. The fraction of sp³-hybridized carbons (Fsp3) is 0.267. The van der Waals surface area contributed by atoms with Gasteiger partial charge in [0.2, 0.25) is 0 Å². The molecule has 0 atom stereocenters. The number of aromatic nitrogens is 1. The molecule has 0 unspecified atom stereocenters. The lowest BCUT2D eigenvalue weighted by Gasteiger charge is -2.10. The smallest absolute Gasteiger partial charge is 0.179 e. The summed E-state index contributed by atoms with van der Waals surface area (Å²) in [4.78, 5) is 13.0. The molecular formula is C15H16ClNOS. The van der Waals surface area contributed by atoms with Crippen LogP contribution in [-0.2, 0) is 0 Å². The molecule has 1 heterocycles. The summed E-state index contributed by atoms with van der Waals surface area (Å²) >= 11 is 7.36. The molecule has 1 aromatic carbocycles. The van der Waals surface area contributed by atoms with Crippen molar-refractivity contribution in [2.45, 2.75) is 18.7 Å². The van der Waals surface area contributed by atoms with Crippen molar-refractivity contribution in [3.8, 4) is 5.69 Å². The summed E-state index contributed by atoms with van der Waals surface area (Å²) in [6, 6.07) is 10.2. The van der Waals surface area contributed by atoms with E-state index in [1.54, 1.807) is 11.8 Å². The van der Waals surface area contributed by atoms with Gasteiger partial charge in [0.05, 0.1) is 5.88 Å². The molecule has 0 spiro atoms. The van der Waals surface area contributed by atoms with Gasteiger partial charge in [0.25, 0.3) is 0 Å². The molecule has 0 aliphatic rings. The molecule has 0 amide bonds. The van der Waals surface area contributed by atoms with Crippen molar-refractivity contribution < 1.29 is 4.79 Å². The number of halogens is 1. The molecule has 2 nitrogen and oxygen atoms in total. The summed E-state index contributed by atoms with van der Waals surface area (Å²) in [5, 5.41) is 0. The van der Waals surface area contributed by atoms with Crippen molar-refractivity contribution in [1.82, 2.24) is 4.57 Å². The molecule has 0 N–H and O–H groups in total. The van der Waals surface area contributed by atoms with E-state index in [1.165, 1.54) is 4.90 Å². The zero-order valence-electron chi connectivity index (χ0n) is 11.2. The quantitative estimate of drug-likeness (QED) is 0.478. The van der Waals surface area contributed by atoms with E-state index in [2.05, 4.69) is 35.1 Å². The Hall–Kier alpha value is -1.19. The first kappa shape index (κ1) is 14.2. The van der Waals surface area contributed by atoms with Crippen LogP contribution in [0.25, 0.3) is 5.69 Å². The summed E-state index contributed by atoms with van der Waals surface area (Å²) in [6.45, 7) is 3.95. The number of benzene rings is 1. The zero-order chi connectivity index (χ0) is 14.0. The van der Waals surface area contributed by atoms with Crippen molar-refractivity contribution in [2.75, 3.05) is 12.1 Å². The van der Waals surface area contributed by atoms with Crippen LogP contribution in [-0.4, -0.2) is 22.5 Å². The summed E-state index contributed by atoms with van der Waals surface area (Å²) in [6.07, 6.45) is 2.05. The highest BCUT2D eigenvalue weighted by molar-refractivity contribution is 7.98. The zero-order valence-corrected chi connectivity index (χ0v) is 12.8. The average molecular weight is 294 g/mol. The molecule has 19 heavy (non-hydrogen) atoms. The van der Waals surface area contributed by atoms with Gasteiger partial charge in [0.1, 0.15) is 0 Å². The van der Waals surface area contributed by atoms with E-state index in [-0.39, 0.29) is 11.7 Å². The van der Waals surface area contributed by atoms with Gasteiger partial charge >= 0.3 is 0 Å². The number of aryl methyl sites for hydroxylation is 1. The number of hydrogen-bond acceptors (Lipinski definition) is 2. The van der Waals surface area contributed by atoms with Crippen molar-refractivity contribution in [3.63, 3.8) is 0 Å². The fourth-order valence-corrected chi connectivity index (χ4v) is 2.80. The summed E-state index contributed by atoms with van der Waals surface area (Å²) in [5.74, 6) is -0.00264. The number of nitrogens with zero attached hydrogens (tertiary/aromatic N) is 1. The summed E-state index contributed by atoms with van der Waals surface area (Å²) < 4.78 is 2.09. The predicted molar refractivity (Wildman–Crippen MR) is 82.1 cm³/mol. The summed E-state index contributed by atoms with van der Waals surface area (Å²) in [7, 11) is 0. The van der Waals surface area contributed by atoms with E-state index in [1.807, 2.05) is 19.9 Å². The van der Waals surface area contributed by atoms with E-state index in [4.69, 9.17) is 11.6 Å². The van der Waals surface area contributed by atoms with Gasteiger partial charge in [-0.3, -0.25) is 4.79 Å². The third kappa shape index (κ3) is 2.72. The van der Waals surface area contributed by atoms with Crippen LogP contribution in [0.5, 0.6) is 0 Å². The lowest BCUT2D eigenvalue weighted by atomic mass is 10.2. The molecule has 0 radical (unpaired) electrons. The minimum Gasteiger partial charge on any atom is -0.318 e. The van der Waals surface area contributed by atoms with E-state index < -0.39 is 0 Å². The lowest BCUT2D eigenvalue weighted by Crippen LogP contribution is -2.04. The molecule has 0 fully saturated rings. The molecule has 100 valence electrons. The SMILES string of the molecule is CSc1ccc(-n2c(C)cc(C(=O)CCl)c2C)cc1. The monoisotopic (exact) mass is 293 g/mol. The van der Waals surface area contributed by atoms with Gasteiger partial charge in [-0.15, -0.1) is 23.4 Å². The predicted octanol–water partition coefficient (Wildman–Crippen LogP) is 4.24. The first-order valence-corrected chi connectivity index (χ1v) is 7.77. The van der Waals surface area contributed by atoms with Crippen LogP contribution in [0.15, 0.2) is 35.2 Å². The second-order valence-corrected chi connectivity index (χ2v) is 5.52. The van der Waals surface area contributed by atoms with Crippen LogP contribution in [0.1, 0.15) is 21.7 Å². The number of ketones is 1. The molecule has 0 aliphatic heterocycles. The molecular weight excluding hydrogens is 278 g/mol. The van der Waals surface area contributed by atoms with Crippen molar-refractivity contribution in [1.29, 1.82) is 0 Å². The third-order valence-corrected chi connectivity index (χ3v) is 4.17. The highest BCUT2D eigenvalue weighted by atomic mass is 35.5. The van der Waals surface area contributed by atoms with Crippen molar-refractivity contribution in [3.05, 3.63) is 47.3 Å². The number of rotatable bonds is 4. The third-order valence-electron chi connectivity index (χ3n) is 3.18. The van der Waals surface area contributed by atoms with Crippen LogP contribution in [0, 0.1) is 13.8 Å². The Balaban J connectivity index is 2.49. The van der Waals surface area contributed by atoms with Gasteiger partial charge in [-0.25, -0.2) is 0 Å². The van der Waals surface area contributed by atoms with Crippen LogP contribution in [0.3, 0.4) is 0 Å². The number of hydrogen-bond donors (Lipinski definition) is 0. The van der Waals surface area contributed by atoms with Gasteiger partial charge in [-0.2, -0.15) is 0 Å². The number of alkyl halides is 1. The lowest BCUT2D eigenvalue weighted by molar-refractivity contribution is 0.102. The first-order chi connectivity index (χ1) is 9.08. The Morgan fingerprint density at radius 2 is 1.89 bits per heavy atom. The van der Waals surface area contributed by atoms with Gasteiger partial charge < -0.3 is 4.57 Å². The number of Topliss-reactive ketones (excluding diaryl/α,β-unsaturated/α-hetero) is 1. The largest absolute Gasteiger partial charge is 0.318 e. The Morgan fingerprint density at radius 3 is 2.42 bits per heavy atom. The Morgan fingerprint density at radius 1 is 1.26 bits per heavy atom. The van der Waals surface area contributed by atoms with Gasteiger partial charge in [-0.05, 0) is 50.4 Å². The number of carbonyl (C=O) groups is 1. The van der Waals surface area contributed by atoms with Crippen LogP contribution < -0.4 is 0 Å². The first-order valence-electron chi connectivity index (χ1n) is 6.01. The van der Waals surface area contributed by atoms with Gasteiger partial charge in [0, 0.05) is 27.5 Å². The molecule has 2 rings (SSSR count). The minimum atomic E-state index is -0.0262. The van der Waals surface area contributed by atoms with Gasteiger partial charge in [-0.1, -0.05) is 0 Å². The maximum absolute atomic E-state index is 11.8.